The Hall–Kier alpha value is -1.51. The maximum Gasteiger partial charge on any atom is 0.128 e. The highest BCUT2D eigenvalue weighted by Crippen LogP contribution is 2.16. The molecule has 0 fully saturated rings. The minimum absolute atomic E-state index is 0.628. The topological polar surface area (TPSA) is 41.8 Å². The number of oxime groups is 1. The molecule has 0 heterocycles. The lowest BCUT2D eigenvalue weighted by atomic mass is 10.1. The molecule has 0 unspecified atom stereocenters. The predicted octanol–water partition coefficient (Wildman–Crippen LogP) is 2.92. The normalized spacial score (nSPS) is 11.1. The maximum absolute atomic E-state index is 8.47. The van der Waals surface area contributed by atoms with E-state index in [1.54, 1.807) is 0 Å². The predicted molar refractivity (Wildman–Crippen MR) is 60.8 cm³/mol. The van der Waals surface area contributed by atoms with E-state index in [0.717, 1.165) is 17.7 Å². The Bertz CT molecular complexity index is 321. The van der Waals surface area contributed by atoms with Crippen molar-refractivity contribution in [2.75, 3.05) is 6.61 Å². The van der Waals surface area contributed by atoms with Crippen molar-refractivity contribution in [1.29, 1.82) is 0 Å². The average Bonchev–Trinajstić information content (AvgIpc) is 2.20. The molecule has 1 aromatic rings. The SMILES string of the molecule is CC(C)CCOc1ccccc1C=NO. The number of nitrogens with zero attached hydrogens (tertiary/aromatic N) is 1. The van der Waals surface area contributed by atoms with Crippen LogP contribution in [0.2, 0.25) is 0 Å². The van der Waals surface area contributed by atoms with Crippen LogP contribution in [-0.2, 0) is 0 Å². The highest BCUT2D eigenvalue weighted by Gasteiger charge is 2.01. The Morgan fingerprint density at radius 2 is 2.13 bits per heavy atom. The van der Waals surface area contributed by atoms with E-state index in [9.17, 15) is 0 Å². The molecule has 0 aliphatic heterocycles. The number of para-hydroxylation sites is 1. The molecular weight excluding hydrogens is 190 g/mol. The minimum Gasteiger partial charge on any atom is -0.493 e. The van der Waals surface area contributed by atoms with Gasteiger partial charge in [-0.05, 0) is 24.5 Å². The van der Waals surface area contributed by atoms with Gasteiger partial charge in [0.1, 0.15) is 5.75 Å². The van der Waals surface area contributed by atoms with Crippen LogP contribution in [0.25, 0.3) is 0 Å². The molecule has 0 spiro atoms. The second-order valence-corrected chi connectivity index (χ2v) is 3.81. The Kier molecular flexibility index (Phi) is 4.68. The molecule has 1 N–H and O–H groups in total. The van der Waals surface area contributed by atoms with Crippen molar-refractivity contribution >= 4 is 6.21 Å². The first-order valence-electron chi connectivity index (χ1n) is 5.13. The van der Waals surface area contributed by atoms with Crippen molar-refractivity contribution in [3.63, 3.8) is 0 Å². The summed E-state index contributed by atoms with van der Waals surface area (Å²) in [5.41, 5.74) is 0.795. The average molecular weight is 207 g/mol. The number of benzene rings is 1. The quantitative estimate of drug-likeness (QED) is 0.458. The van der Waals surface area contributed by atoms with Crippen molar-refractivity contribution in [2.24, 2.45) is 11.1 Å². The van der Waals surface area contributed by atoms with Crippen LogP contribution < -0.4 is 4.74 Å². The van der Waals surface area contributed by atoms with Gasteiger partial charge in [-0.1, -0.05) is 31.1 Å². The summed E-state index contributed by atoms with van der Waals surface area (Å²) in [5, 5.41) is 11.5. The molecule has 15 heavy (non-hydrogen) atoms. The fraction of sp³-hybridized carbons (Fsp3) is 0.417. The highest BCUT2D eigenvalue weighted by molar-refractivity contribution is 5.82. The lowest BCUT2D eigenvalue weighted by Crippen LogP contribution is -2.03. The lowest BCUT2D eigenvalue weighted by molar-refractivity contribution is 0.288. The van der Waals surface area contributed by atoms with Gasteiger partial charge < -0.3 is 9.94 Å². The highest BCUT2D eigenvalue weighted by atomic mass is 16.5. The van der Waals surface area contributed by atoms with E-state index in [1.165, 1.54) is 6.21 Å². The summed E-state index contributed by atoms with van der Waals surface area (Å²) in [5.74, 6) is 1.39. The van der Waals surface area contributed by atoms with Crippen LogP contribution in [-0.4, -0.2) is 18.0 Å². The summed E-state index contributed by atoms with van der Waals surface area (Å²) in [6, 6.07) is 7.51. The van der Waals surface area contributed by atoms with Gasteiger partial charge in [0.05, 0.1) is 12.8 Å². The molecule has 82 valence electrons. The zero-order chi connectivity index (χ0) is 11.1. The van der Waals surface area contributed by atoms with E-state index in [0.29, 0.717) is 12.5 Å². The first kappa shape index (κ1) is 11.6. The van der Waals surface area contributed by atoms with Crippen molar-refractivity contribution in [1.82, 2.24) is 0 Å². The van der Waals surface area contributed by atoms with Crippen LogP contribution >= 0.6 is 0 Å². The third-order valence-electron chi connectivity index (χ3n) is 2.07. The zero-order valence-corrected chi connectivity index (χ0v) is 9.18. The van der Waals surface area contributed by atoms with E-state index in [-0.39, 0.29) is 0 Å². The van der Waals surface area contributed by atoms with Crippen molar-refractivity contribution in [2.45, 2.75) is 20.3 Å². The van der Waals surface area contributed by atoms with Crippen LogP contribution in [0.3, 0.4) is 0 Å². The largest absolute Gasteiger partial charge is 0.493 e. The monoisotopic (exact) mass is 207 g/mol. The fourth-order valence-electron chi connectivity index (χ4n) is 1.19. The summed E-state index contributed by atoms with van der Waals surface area (Å²) < 4.78 is 5.60. The van der Waals surface area contributed by atoms with Crippen LogP contribution in [0.15, 0.2) is 29.4 Å². The van der Waals surface area contributed by atoms with Crippen LogP contribution in [0.1, 0.15) is 25.8 Å². The zero-order valence-electron chi connectivity index (χ0n) is 9.18. The van der Waals surface area contributed by atoms with Gasteiger partial charge in [-0.25, -0.2) is 0 Å². The molecule has 0 aliphatic rings. The summed E-state index contributed by atoms with van der Waals surface area (Å²) in [6.45, 7) is 5.00. The number of hydrogen-bond donors (Lipinski definition) is 1. The Balaban J connectivity index is 2.59. The van der Waals surface area contributed by atoms with Crippen LogP contribution in [0.5, 0.6) is 5.75 Å². The molecule has 0 saturated heterocycles. The van der Waals surface area contributed by atoms with E-state index in [2.05, 4.69) is 19.0 Å². The van der Waals surface area contributed by atoms with Gasteiger partial charge in [-0.15, -0.1) is 0 Å². The lowest BCUT2D eigenvalue weighted by Gasteiger charge is -2.09. The molecule has 0 saturated carbocycles. The van der Waals surface area contributed by atoms with Gasteiger partial charge in [0.15, 0.2) is 0 Å². The molecular formula is C12H17NO2. The summed E-state index contributed by atoms with van der Waals surface area (Å²) in [7, 11) is 0. The van der Waals surface area contributed by atoms with E-state index in [4.69, 9.17) is 9.94 Å². The molecule has 0 atom stereocenters. The fourth-order valence-corrected chi connectivity index (χ4v) is 1.19. The molecule has 3 nitrogen and oxygen atoms in total. The van der Waals surface area contributed by atoms with Crippen molar-refractivity contribution in [3.8, 4) is 5.75 Å². The maximum atomic E-state index is 8.47. The number of hydrogen-bond acceptors (Lipinski definition) is 3. The van der Waals surface area contributed by atoms with E-state index in [1.807, 2.05) is 24.3 Å². The first-order chi connectivity index (χ1) is 7.24. The Labute approximate surface area is 90.4 Å². The van der Waals surface area contributed by atoms with Gasteiger partial charge >= 0.3 is 0 Å². The van der Waals surface area contributed by atoms with E-state index >= 15 is 0 Å². The van der Waals surface area contributed by atoms with Gasteiger partial charge in [0, 0.05) is 5.56 Å². The summed E-state index contributed by atoms with van der Waals surface area (Å²) in [6.07, 6.45) is 2.40. The molecule has 0 aliphatic carbocycles. The molecule has 0 bridgehead atoms. The smallest absolute Gasteiger partial charge is 0.128 e. The molecule has 3 heteroatoms. The second kappa shape index (κ2) is 6.06. The van der Waals surface area contributed by atoms with Gasteiger partial charge in [-0.2, -0.15) is 0 Å². The van der Waals surface area contributed by atoms with Crippen LogP contribution in [0.4, 0.5) is 0 Å². The molecule has 0 radical (unpaired) electrons. The van der Waals surface area contributed by atoms with Gasteiger partial charge in [0.2, 0.25) is 0 Å². The van der Waals surface area contributed by atoms with Crippen molar-refractivity contribution < 1.29 is 9.94 Å². The first-order valence-corrected chi connectivity index (χ1v) is 5.13. The minimum atomic E-state index is 0.628. The van der Waals surface area contributed by atoms with Crippen LogP contribution in [0, 0.1) is 5.92 Å². The Morgan fingerprint density at radius 1 is 1.40 bits per heavy atom. The second-order valence-electron chi connectivity index (χ2n) is 3.81. The Morgan fingerprint density at radius 3 is 2.80 bits per heavy atom. The van der Waals surface area contributed by atoms with Gasteiger partial charge in [-0.3, -0.25) is 0 Å². The van der Waals surface area contributed by atoms with Crippen molar-refractivity contribution in [3.05, 3.63) is 29.8 Å². The third-order valence-corrected chi connectivity index (χ3v) is 2.07. The molecule has 1 rings (SSSR count). The summed E-state index contributed by atoms with van der Waals surface area (Å²) in [4.78, 5) is 0. The third kappa shape index (κ3) is 4.02. The standard InChI is InChI=1S/C12H17NO2/c1-10(2)7-8-15-12-6-4-3-5-11(12)9-13-14/h3-6,9-10,14H,7-8H2,1-2H3. The number of rotatable bonds is 5. The number of ether oxygens (including phenoxy) is 1. The molecule has 1 aromatic carbocycles. The molecule has 0 aromatic heterocycles. The van der Waals surface area contributed by atoms with E-state index < -0.39 is 0 Å². The summed E-state index contributed by atoms with van der Waals surface area (Å²) >= 11 is 0. The molecule has 0 amide bonds. The van der Waals surface area contributed by atoms with Gasteiger partial charge in [0.25, 0.3) is 0 Å².